The summed E-state index contributed by atoms with van der Waals surface area (Å²) in [6.07, 6.45) is 0. The van der Waals surface area contributed by atoms with Crippen LogP contribution >= 0.6 is 27.5 Å². The number of benzene rings is 1. The van der Waals surface area contributed by atoms with E-state index >= 15 is 0 Å². The van der Waals surface area contributed by atoms with Crippen LogP contribution in [0.5, 0.6) is 0 Å². The van der Waals surface area contributed by atoms with E-state index in [1.165, 1.54) is 0 Å². The Morgan fingerprint density at radius 1 is 1.50 bits per heavy atom. The number of urea groups is 1. The zero-order chi connectivity index (χ0) is 10.1. The molecule has 0 bridgehead atoms. The van der Waals surface area contributed by atoms with Crippen molar-refractivity contribution in [2.75, 3.05) is 6.54 Å². The average molecular weight is 276 g/mol. The lowest BCUT2D eigenvalue weighted by molar-refractivity contribution is 0.247. The van der Waals surface area contributed by atoms with Crippen molar-refractivity contribution in [2.45, 2.75) is 6.04 Å². The van der Waals surface area contributed by atoms with Crippen LogP contribution < -0.4 is 10.6 Å². The maximum absolute atomic E-state index is 10.9. The molecule has 1 aromatic rings. The van der Waals surface area contributed by atoms with Crippen LogP contribution in [-0.2, 0) is 0 Å². The zero-order valence-corrected chi connectivity index (χ0v) is 9.52. The van der Waals surface area contributed by atoms with E-state index in [4.69, 9.17) is 11.6 Å². The maximum Gasteiger partial charge on any atom is 0.315 e. The van der Waals surface area contributed by atoms with E-state index in [0.717, 1.165) is 10.0 Å². The van der Waals surface area contributed by atoms with E-state index in [1.807, 2.05) is 18.2 Å². The molecule has 0 aliphatic carbocycles. The summed E-state index contributed by atoms with van der Waals surface area (Å²) in [4.78, 5) is 10.9. The van der Waals surface area contributed by atoms with Crippen LogP contribution in [0.3, 0.4) is 0 Å². The van der Waals surface area contributed by atoms with Crippen LogP contribution in [0.2, 0.25) is 5.02 Å². The SMILES string of the molecule is O=C1NC[C@@H](c2ccc(Br)cc2Cl)N1. The van der Waals surface area contributed by atoms with E-state index < -0.39 is 0 Å². The van der Waals surface area contributed by atoms with Crippen molar-refractivity contribution >= 4 is 33.6 Å². The summed E-state index contributed by atoms with van der Waals surface area (Å²) in [5, 5.41) is 6.13. The van der Waals surface area contributed by atoms with E-state index in [2.05, 4.69) is 26.6 Å². The van der Waals surface area contributed by atoms with Crippen molar-refractivity contribution in [3.63, 3.8) is 0 Å². The Kier molecular flexibility index (Phi) is 2.65. The van der Waals surface area contributed by atoms with Crippen LogP contribution in [0, 0.1) is 0 Å². The highest BCUT2D eigenvalue weighted by Crippen LogP contribution is 2.27. The van der Waals surface area contributed by atoms with Crippen molar-refractivity contribution in [3.8, 4) is 0 Å². The monoisotopic (exact) mass is 274 g/mol. The maximum atomic E-state index is 10.9. The molecule has 1 aromatic carbocycles. The Balaban J connectivity index is 2.28. The predicted octanol–water partition coefficient (Wildman–Crippen LogP) is 2.46. The Labute approximate surface area is 95.0 Å². The molecule has 1 fully saturated rings. The van der Waals surface area contributed by atoms with Gasteiger partial charge >= 0.3 is 6.03 Å². The average Bonchev–Trinajstić information content (AvgIpc) is 2.51. The Bertz CT molecular complexity index is 383. The van der Waals surface area contributed by atoms with Gasteiger partial charge in [0, 0.05) is 16.0 Å². The molecule has 0 radical (unpaired) electrons. The van der Waals surface area contributed by atoms with Gasteiger partial charge < -0.3 is 10.6 Å². The third kappa shape index (κ3) is 1.86. The molecule has 5 heteroatoms. The van der Waals surface area contributed by atoms with Gasteiger partial charge in [-0.3, -0.25) is 0 Å². The lowest BCUT2D eigenvalue weighted by Crippen LogP contribution is -2.21. The molecule has 1 atom stereocenters. The zero-order valence-electron chi connectivity index (χ0n) is 7.18. The molecule has 14 heavy (non-hydrogen) atoms. The molecule has 1 aliphatic rings. The fraction of sp³-hybridized carbons (Fsp3) is 0.222. The third-order valence-electron chi connectivity index (χ3n) is 2.11. The largest absolute Gasteiger partial charge is 0.336 e. The second-order valence-corrected chi connectivity index (χ2v) is 4.40. The molecular formula is C9H8BrClN2O. The quantitative estimate of drug-likeness (QED) is 0.812. The summed E-state index contributed by atoms with van der Waals surface area (Å²) in [6.45, 7) is 0.584. The normalized spacial score (nSPS) is 20.4. The van der Waals surface area contributed by atoms with E-state index in [-0.39, 0.29) is 12.1 Å². The van der Waals surface area contributed by atoms with Gasteiger partial charge in [0.2, 0.25) is 0 Å². The molecule has 74 valence electrons. The topological polar surface area (TPSA) is 41.1 Å². The van der Waals surface area contributed by atoms with Crippen molar-refractivity contribution < 1.29 is 4.79 Å². The predicted molar refractivity (Wildman–Crippen MR) is 58.4 cm³/mol. The number of carbonyl (C=O) groups is 1. The number of hydrogen-bond donors (Lipinski definition) is 2. The van der Waals surface area contributed by atoms with Crippen LogP contribution in [-0.4, -0.2) is 12.6 Å². The summed E-state index contributed by atoms with van der Waals surface area (Å²) in [5.41, 5.74) is 0.938. The van der Waals surface area contributed by atoms with Crippen molar-refractivity contribution in [3.05, 3.63) is 33.3 Å². The second-order valence-electron chi connectivity index (χ2n) is 3.07. The van der Waals surface area contributed by atoms with Gasteiger partial charge in [-0.1, -0.05) is 33.6 Å². The number of halogens is 2. The highest BCUT2D eigenvalue weighted by atomic mass is 79.9. The molecule has 1 saturated heterocycles. The fourth-order valence-corrected chi connectivity index (χ4v) is 2.23. The Morgan fingerprint density at radius 2 is 2.29 bits per heavy atom. The van der Waals surface area contributed by atoms with Gasteiger partial charge in [0.05, 0.1) is 6.04 Å². The molecular weight excluding hydrogens is 267 g/mol. The summed E-state index contributed by atoms with van der Waals surface area (Å²) >= 11 is 9.38. The first-order valence-corrected chi connectivity index (χ1v) is 5.33. The van der Waals surface area contributed by atoms with Crippen molar-refractivity contribution in [1.29, 1.82) is 0 Å². The summed E-state index contributed by atoms with van der Waals surface area (Å²) in [6, 6.07) is 5.47. The van der Waals surface area contributed by atoms with E-state index in [1.54, 1.807) is 0 Å². The minimum absolute atomic E-state index is 0.0249. The number of nitrogens with one attached hydrogen (secondary N) is 2. The highest BCUT2D eigenvalue weighted by Gasteiger charge is 2.23. The van der Waals surface area contributed by atoms with E-state index in [9.17, 15) is 4.79 Å². The number of rotatable bonds is 1. The number of carbonyl (C=O) groups excluding carboxylic acids is 1. The van der Waals surface area contributed by atoms with Gasteiger partial charge in [0.1, 0.15) is 0 Å². The molecule has 2 amide bonds. The first-order chi connectivity index (χ1) is 6.66. The molecule has 0 unspecified atom stereocenters. The summed E-state index contributed by atoms with van der Waals surface area (Å²) in [5.74, 6) is 0. The fourth-order valence-electron chi connectivity index (χ4n) is 1.43. The van der Waals surface area contributed by atoms with Gasteiger partial charge in [0.15, 0.2) is 0 Å². The molecule has 1 aliphatic heterocycles. The van der Waals surface area contributed by atoms with Crippen LogP contribution in [0.1, 0.15) is 11.6 Å². The molecule has 1 heterocycles. The Hall–Kier alpha value is -0.740. The van der Waals surface area contributed by atoms with E-state index in [0.29, 0.717) is 11.6 Å². The molecule has 3 nitrogen and oxygen atoms in total. The number of amides is 2. The van der Waals surface area contributed by atoms with Crippen LogP contribution in [0.25, 0.3) is 0 Å². The molecule has 2 rings (SSSR count). The first kappa shape index (κ1) is 9.80. The van der Waals surface area contributed by atoms with Crippen LogP contribution in [0.15, 0.2) is 22.7 Å². The van der Waals surface area contributed by atoms with Gasteiger partial charge in [-0.25, -0.2) is 4.79 Å². The minimum Gasteiger partial charge on any atom is -0.336 e. The summed E-state index contributed by atoms with van der Waals surface area (Å²) in [7, 11) is 0. The standard InChI is InChI=1S/C9H8BrClN2O/c10-5-1-2-6(7(11)3-5)8-4-12-9(14)13-8/h1-3,8H,4H2,(H2,12,13,14)/t8-/m0/s1. The highest BCUT2D eigenvalue weighted by molar-refractivity contribution is 9.10. The van der Waals surface area contributed by atoms with Gasteiger partial charge in [0.25, 0.3) is 0 Å². The summed E-state index contributed by atoms with van der Waals surface area (Å²) < 4.78 is 0.934. The lowest BCUT2D eigenvalue weighted by atomic mass is 10.1. The third-order valence-corrected chi connectivity index (χ3v) is 2.93. The van der Waals surface area contributed by atoms with Crippen LogP contribution in [0.4, 0.5) is 4.79 Å². The van der Waals surface area contributed by atoms with Crippen molar-refractivity contribution in [2.24, 2.45) is 0 Å². The second kappa shape index (κ2) is 3.79. The van der Waals surface area contributed by atoms with Gasteiger partial charge in [-0.05, 0) is 17.7 Å². The van der Waals surface area contributed by atoms with Gasteiger partial charge in [-0.15, -0.1) is 0 Å². The number of hydrogen-bond acceptors (Lipinski definition) is 1. The molecule has 0 saturated carbocycles. The lowest BCUT2D eigenvalue weighted by Gasteiger charge is -2.10. The molecule has 2 N–H and O–H groups in total. The molecule has 0 aromatic heterocycles. The minimum atomic E-state index is -0.144. The molecule has 0 spiro atoms. The smallest absolute Gasteiger partial charge is 0.315 e. The van der Waals surface area contributed by atoms with Gasteiger partial charge in [-0.2, -0.15) is 0 Å². The van der Waals surface area contributed by atoms with Crippen molar-refractivity contribution in [1.82, 2.24) is 10.6 Å². The Morgan fingerprint density at radius 3 is 2.86 bits per heavy atom. The first-order valence-electron chi connectivity index (χ1n) is 4.16.